The maximum atomic E-state index is 12.0. The van der Waals surface area contributed by atoms with E-state index in [1.54, 1.807) is 18.2 Å². The Balaban J connectivity index is 0.00000729. The minimum Gasteiger partial charge on any atom is -1.00 e. The molecule has 0 heterocycles. The SMILES string of the molecule is CCCCCCCCCC[N+](C)(C)CCOC(=O)Cc1ccc(Cl)c(Cl)c1.[Br-]. The second-order valence-electron chi connectivity index (χ2n) is 8.00. The van der Waals surface area contributed by atoms with Gasteiger partial charge in [0, 0.05) is 0 Å². The third-order valence-electron chi connectivity index (χ3n) is 4.91. The number of nitrogens with zero attached hydrogens (tertiary/aromatic N) is 1. The van der Waals surface area contributed by atoms with Crippen LogP contribution in [0.1, 0.15) is 63.9 Å². The first-order chi connectivity index (χ1) is 12.8. The highest BCUT2D eigenvalue weighted by Gasteiger charge is 2.16. The standard InChI is InChI=1S/C22H36Cl2NO2.BrH/c1-4-5-6-7-8-9-10-11-14-25(2,3)15-16-27-22(26)18-19-12-13-20(23)21(24)17-19;/h12-13,17H,4-11,14-16,18H2,1-3H3;1H/q+1;/p-1. The molecule has 1 rings (SSSR count). The second-order valence-corrected chi connectivity index (χ2v) is 8.82. The lowest BCUT2D eigenvalue weighted by Gasteiger charge is -2.29. The first-order valence-corrected chi connectivity index (χ1v) is 11.0. The minimum absolute atomic E-state index is 0. The number of halogens is 3. The molecule has 0 aliphatic carbocycles. The van der Waals surface area contributed by atoms with Crippen molar-refractivity contribution in [2.75, 3.05) is 33.8 Å². The molecule has 0 spiro atoms. The maximum Gasteiger partial charge on any atom is 0.310 e. The van der Waals surface area contributed by atoms with Crippen molar-refractivity contribution in [1.82, 2.24) is 0 Å². The quantitative estimate of drug-likeness (QED) is 0.224. The number of carbonyl (C=O) groups is 1. The molecule has 0 atom stereocenters. The van der Waals surface area contributed by atoms with Crippen LogP contribution in [-0.4, -0.2) is 44.2 Å². The van der Waals surface area contributed by atoms with Crippen LogP contribution in [-0.2, 0) is 16.0 Å². The molecule has 0 amide bonds. The van der Waals surface area contributed by atoms with Gasteiger partial charge in [0.2, 0.25) is 0 Å². The largest absolute Gasteiger partial charge is 1.00 e. The molecule has 28 heavy (non-hydrogen) atoms. The zero-order valence-corrected chi connectivity index (χ0v) is 20.7. The summed E-state index contributed by atoms with van der Waals surface area (Å²) in [6.07, 6.45) is 10.9. The fraction of sp³-hybridized carbons (Fsp3) is 0.682. The summed E-state index contributed by atoms with van der Waals surface area (Å²) in [6, 6.07) is 5.22. The van der Waals surface area contributed by atoms with Gasteiger partial charge in [-0.1, -0.05) is 74.7 Å². The van der Waals surface area contributed by atoms with Gasteiger partial charge in [-0.3, -0.25) is 4.79 Å². The Labute approximate surface area is 192 Å². The topological polar surface area (TPSA) is 26.3 Å². The van der Waals surface area contributed by atoms with E-state index in [0.717, 1.165) is 23.1 Å². The highest BCUT2D eigenvalue weighted by Crippen LogP contribution is 2.22. The Morgan fingerprint density at radius 3 is 2.14 bits per heavy atom. The van der Waals surface area contributed by atoms with Crippen LogP contribution in [0.3, 0.4) is 0 Å². The highest BCUT2D eigenvalue weighted by atomic mass is 79.9. The molecule has 0 aliphatic rings. The lowest BCUT2D eigenvalue weighted by Crippen LogP contribution is -3.00. The Morgan fingerprint density at radius 1 is 0.929 bits per heavy atom. The van der Waals surface area contributed by atoms with Crippen molar-refractivity contribution in [2.24, 2.45) is 0 Å². The number of hydrogen-bond donors (Lipinski definition) is 0. The average molecular weight is 497 g/mol. The zero-order chi connectivity index (χ0) is 20.1. The first kappa shape index (κ1) is 27.7. The summed E-state index contributed by atoms with van der Waals surface area (Å²) < 4.78 is 6.29. The zero-order valence-electron chi connectivity index (χ0n) is 17.6. The summed E-state index contributed by atoms with van der Waals surface area (Å²) in [7, 11) is 4.40. The van der Waals surface area contributed by atoms with Crippen molar-refractivity contribution < 1.29 is 31.0 Å². The molecule has 3 nitrogen and oxygen atoms in total. The van der Waals surface area contributed by atoms with E-state index in [1.807, 2.05) is 0 Å². The lowest BCUT2D eigenvalue weighted by molar-refractivity contribution is -0.890. The third-order valence-corrected chi connectivity index (χ3v) is 5.65. The number of quaternary nitrogens is 1. The molecule has 0 aliphatic heterocycles. The minimum atomic E-state index is -0.222. The summed E-state index contributed by atoms with van der Waals surface area (Å²) in [5, 5.41) is 0.957. The number of carbonyl (C=O) groups excluding carboxylic acids is 1. The molecule has 0 radical (unpaired) electrons. The molecule has 0 unspecified atom stereocenters. The van der Waals surface area contributed by atoms with Gasteiger partial charge in [0.05, 0.1) is 37.1 Å². The number of rotatable bonds is 14. The summed E-state index contributed by atoms with van der Waals surface area (Å²) in [4.78, 5) is 12.0. The smallest absolute Gasteiger partial charge is 0.310 e. The number of ether oxygens (including phenoxy) is 1. The van der Waals surface area contributed by atoms with Crippen LogP contribution < -0.4 is 17.0 Å². The van der Waals surface area contributed by atoms with Gasteiger partial charge in [-0.05, 0) is 30.5 Å². The highest BCUT2D eigenvalue weighted by molar-refractivity contribution is 6.42. The molecule has 0 saturated heterocycles. The molecule has 0 N–H and O–H groups in total. The van der Waals surface area contributed by atoms with Gasteiger partial charge in [-0.25, -0.2) is 0 Å². The molecule has 162 valence electrons. The third kappa shape index (κ3) is 13.0. The van der Waals surface area contributed by atoms with Crippen LogP contribution in [0.15, 0.2) is 18.2 Å². The van der Waals surface area contributed by atoms with Gasteiger partial charge < -0.3 is 26.2 Å². The van der Waals surface area contributed by atoms with Gasteiger partial charge in [-0.15, -0.1) is 0 Å². The summed E-state index contributed by atoms with van der Waals surface area (Å²) in [5.41, 5.74) is 0.821. The fourth-order valence-electron chi connectivity index (χ4n) is 3.06. The van der Waals surface area contributed by atoms with Crippen LogP contribution in [0.4, 0.5) is 0 Å². The van der Waals surface area contributed by atoms with Crippen LogP contribution in [0.5, 0.6) is 0 Å². The molecule has 6 heteroatoms. The monoisotopic (exact) mass is 495 g/mol. The number of unbranched alkanes of at least 4 members (excludes halogenated alkanes) is 7. The van der Waals surface area contributed by atoms with E-state index in [2.05, 4.69) is 21.0 Å². The Morgan fingerprint density at radius 2 is 1.54 bits per heavy atom. The van der Waals surface area contributed by atoms with E-state index >= 15 is 0 Å². The van der Waals surface area contributed by atoms with Gasteiger partial charge >= 0.3 is 5.97 Å². The first-order valence-electron chi connectivity index (χ1n) is 10.3. The predicted octanol–water partition coefficient (Wildman–Crippen LogP) is 3.30. The van der Waals surface area contributed by atoms with E-state index in [4.69, 9.17) is 27.9 Å². The average Bonchev–Trinajstić information content (AvgIpc) is 2.60. The van der Waals surface area contributed by atoms with E-state index in [-0.39, 0.29) is 29.4 Å². The normalized spacial score (nSPS) is 11.2. The molecule has 0 bridgehead atoms. The van der Waals surface area contributed by atoms with Crippen molar-refractivity contribution in [2.45, 2.75) is 64.7 Å². The number of hydrogen-bond acceptors (Lipinski definition) is 2. The van der Waals surface area contributed by atoms with Gasteiger partial charge in [-0.2, -0.15) is 0 Å². The molecule has 0 aromatic heterocycles. The molecular formula is C22H36BrCl2NO2. The van der Waals surface area contributed by atoms with E-state index < -0.39 is 0 Å². The van der Waals surface area contributed by atoms with Gasteiger partial charge in [0.1, 0.15) is 13.2 Å². The number of benzene rings is 1. The Kier molecular flexibility index (Phi) is 15.4. The number of likely N-dealkylation sites (N-methyl/N-ethyl adjacent to an activating group) is 1. The fourth-order valence-corrected chi connectivity index (χ4v) is 3.38. The van der Waals surface area contributed by atoms with E-state index in [0.29, 0.717) is 16.7 Å². The Bertz CT molecular complexity index is 567. The molecule has 0 fully saturated rings. The van der Waals surface area contributed by atoms with Crippen molar-refractivity contribution in [1.29, 1.82) is 0 Å². The maximum absolute atomic E-state index is 12.0. The summed E-state index contributed by atoms with van der Waals surface area (Å²) >= 11 is 11.9. The Hall–Kier alpha value is -0.290. The van der Waals surface area contributed by atoms with E-state index in [1.165, 1.54) is 51.4 Å². The van der Waals surface area contributed by atoms with Gasteiger partial charge in [0.25, 0.3) is 0 Å². The van der Waals surface area contributed by atoms with Crippen LogP contribution in [0.25, 0.3) is 0 Å². The van der Waals surface area contributed by atoms with Crippen LogP contribution in [0, 0.1) is 0 Å². The predicted molar refractivity (Wildman–Crippen MR) is 116 cm³/mol. The van der Waals surface area contributed by atoms with Crippen LogP contribution >= 0.6 is 23.2 Å². The van der Waals surface area contributed by atoms with E-state index in [9.17, 15) is 4.79 Å². The van der Waals surface area contributed by atoms with Gasteiger partial charge in [0.15, 0.2) is 0 Å². The number of esters is 1. The second kappa shape index (κ2) is 15.5. The molecule has 1 aromatic carbocycles. The van der Waals surface area contributed by atoms with Crippen LogP contribution in [0.2, 0.25) is 10.0 Å². The lowest BCUT2D eigenvalue weighted by atomic mass is 10.1. The van der Waals surface area contributed by atoms with Crippen molar-refractivity contribution in [3.63, 3.8) is 0 Å². The molecule has 0 saturated carbocycles. The summed E-state index contributed by atoms with van der Waals surface area (Å²) in [6.45, 7) is 4.66. The van der Waals surface area contributed by atoms with Crippen molar-refractivity contribution >= 4 is 29.2 Å². The molecular weight excluding hydrogens is 461 g/mol. The van der Waals surface area contributed by atoms with Crippen molar-refractivity contribution in [3.05, 3.63) is 33.8 Å². The van der Waals surface area contributed by atoms with Crippen molar-refractivity contribution in [3.8, 4) is 0 Å². The summed E-state index contributed by atoms with van der Waals surface area (Å²) in [5.74, 6) is -0.222. The molecule has 1 aromatic rings.